The molecular formula is C10H9ClN4. The normalized spacial score (nSPS) is 10.3. The Balaban J connectivity index is 2.59. The highest BCUT2D eigenvalue weighted by atomic mass is 35.5. The van der Waals surface area contributed by atoms with Gasteiger partial charge in [0.25, 0.3) is 0 Å². The lowest BCUT2D eigenvalue weighted by Crippen LogP contribution is -1.95. The van der Waals surface area contributed by atoms with Crippen molar-refractivity contribution in [2.24, 2.45) is 0 Å². The Morgan fingerprint density at radius 3 is 2.80 bits per heavy atom. The number of nitrogens with zero attached hydrogens (tertiary/aromatic N) is 3. The Hall–Kier alpha value is -1.68. The smallest absolute Gasteiger partial charge is 0.146 e. The van der Waals surface area contributed by atoms with Gasteiger partial charge in [-0.2, -0.15) is 0 Å². The lowest BCUT2D eigenvalue weighted by Gasteiger charge is -2.04. The van der Waals surface area contributed by atoms with Gasteiger partial charge in [0.1, 0.15) is 17.2 Å². The number of nitrogen functional groups attached to an aromatic ring is 1. The van der Waals surface area contributed by atoms with E-state index in [1.165, 1.54) is 6.33 Å². The summed E-state index contributed by atoms with van der Waals surface area (Å²) in [5.74, 6) is 0.281. The zero-order valence-electron chi connectivity index (χ0n) is 8.11. The van der Waals surface area contributed by atoms with Gasteiger partial charge in [0, 0.05) is 18.0 Å². The van der Waals surface area contributed by atoms with Crippen LogP contribution in [0.4, 0.5) is 5.82 Å². The predicted octanol–water partition coefficient (Wildman–Crippen LogP) is 2.08. The van der Waals surface area contributed by atoms with Gasteiger partial charge in [-0.25, -0.2) is 9.97 Å². The van der Waals surface area contributed by atoms with Crippen LogP contribution in [0.1, 0.15) is 5.56 Å². The average molecular weight is 221 g/mol. The fraction of sp³-hybridized carbons (Fsp3) is 0.100. The molecule has 76 valence electrons. The first-order valence-corrected chi connectivity index (χ1v) is 4.74. The highest BCUT2D eigenvalue weighted by Gasteiger charge is 2.08. The van der Waals surface area contributed by atoms with E-state index in [-0.39, 0.29) is 5.82 Å². The van der Waals surface area contributed by atoms with E-state index < -0.39 is 0 Å². The van der Waals surface area contributed by atoms with Gasteiger partial charge in [0.15, 0.2) is 0 Å². The van der Waals surface area contributed by atoms with Crippen molar-refractivity contribution >= 4 is 17.4 Å². The molecule has 0 unspecified atom stereocenters. The maximum absolute atomic E-state index is 6.00. The van der Waals surface area contributed by atoms with E-state index in [1.54, 1.807) is 12.4 Å². The Labute approximate surface area is 92.2 Å². The number of anilines is 1. The zero-order chi connectivity index (χ0) is 10.8. The van der Waals surface area contributed by atoms with Crippen LogP contribution in [0.25, 0.3) is 11.3 Å². The molecule has 0 aliphatic rings. The molecule has 2 heterocycles. The molecule has 5 heteroatoms. The monoisotopic (exact) mass is 220 g/mol. The van der Waals surface area contributed by atoms with Gasteiger partial charge in [-0.1, -0.05) is 11.6 Å². The minimum absolute atomic E-state index is 0.281. The summed E-state index contributed by atoms with van der Waals surface area (Å²) in [6.45, 7) is 1.95. The van der Waals surface area contributed by atoms with Gasteiger partial charge >= 0.3 is 0 Å². The van der Waals surface area contributed by atoms with Gasteiger partial charge in [0.05, 0.1) is 5.69 Å². The SMILES string of the molecule is Cc1cncc(-c2ncnc(N)c2Cl)c1. The number of aromatic nitrogens is 3. The summed E-state index contributed by atoms with van der Waals surface area (Å²) in [7, 11) is 0. The van der Waals surface area contributed by atoms with Crippen molar-refractivity contribution in [3.05, 3.63) is 35.4 Å². The van der Waals surface area contributed by atoms with Crippen molar-refractivity contribution in [2.75, 3.05) is 5.73 Å². The molecule has 2 aromatic rings. The maximum atomic E-state index is 6.00. The molecule has 0 spiro atoms. The lowest BCUT2D eigenvalue weighted by molar-refractivity contribution is 1.17. The summed E-state index contributed by atoms with van der Waals surface area (Å²) < 4.78 is 0. The van der Waals surface area contributed by atoms with E-state index in [2.05, 4.69) is 15.0 Å². The summed E-state index contributed by atoms with van der Waals surface area (Å²) in [5, 5.41) is 0.366. The molecule has 0 radical (unpaired) electrons. The number of hydrogen-bond acceptors (Lipinski definition) is 4. The molecule has 0 bridgehead atoms. The molecule has 0 aliphatic heterocycles. The number of halogens is 1. The summed E-state index contributed by atoms with van der Waals surface area (Å²) in [4.78, 5) is 12.0. The van der Waals surface area contributed by atoms with Crippen LogP contribution >= 0.6 is 11.6 Å². The largest absolute Gasteiger partial charge is 0.382 e. The molecule has 0 amide bonds. The van der Waals surface area contributed by atoms with Crippen LogP contribution in [-0.4, -0.2) is 15.0 Å². The molecule has 15 heavy (non-hydrogen) atoms. The van der Waals surface area contributed by atoms with Crippen molar-refractivity contribution in [3.63, 3.8) is 0 Å². The molecule has 0 atom stereocenters. The Kier molecular flexibility index (Phi) is 2.51. The molecule has 0 aliphatic carbocycles. The third kappa shape index (κ3) is 1.89. The number of aryl methyl sites for hydroxylation is 1. The average Bonchev–Trinajstić information content (AvgIpc) is 2.22. The highest BCUT2D eigenvalue weighted by molar-refractivity contribution is 6.35. The molecule has 0 fully saturated rings. The number of hydrogen-bond donors (Lipinski definition) is 1. The van der Waals surface area contributed by atoms with Crippen LogP contribution < -0.4 is 5.73 Å². The first-order chi connectivity index (χ1) is 7.18. The van der Waals surface area contributed by atoms with E-state index in [0.717, 1.165) is 11.1 Å². The second-order valence-electron chi connectivity index (χ2n) is 3.17. The minimum Gasteiger partial charge on any atom is -0.382 e. The van der Waals surface area contributed by atoms with Crippen LogP contribution in [-0.2, 0) is 0 Å². The molecule has 2 rings (SSSR count). The van der Waals surface area contributed by atoms with E-state index in [9.17, 15) is 0 Å². The van der Waals surface area contributed by atoms with Gasteiger partial charge in [-0.3, -0.25) is 4.98 Å². The molecule has 2 aromatic heterocycles. The fourth-order valence-electron chi connectivity index (χ4n) is 1.27. The van der Waals surface area contributed by atoms with Crippen molar-refractivity contribution in [1.82, 2.24) is 15.0 Å². The molecule has 0 saturated heterocycles. The maximum Gasteiger partial charge on any atom is 0.146 e. The van der Waals surface area contributed by atoms with E-state index >= 15 is 0 Å². The van der Waals surface area contributed by atoms with Crippen LogP contribution in [0.15, 0.2) is 24.8 Å². The topological polar surface area (TPSA) is 64.7 Å². The Morgan fingerprint density at radius 1 is 1.27 bits per heavy atom. The summed E-state index contributed by atoms with van der Waals surface area (Å²) in [5.41, 5.74) is 8.09. The zero-order valence-corrected chi connectivity index (χ0v) is 8.86. The fourth-order valence-corrected chi connectivity index (χ4v) is 1.48. The van der Waals surface area contributed by atoms with Gasteiger partial charge in [-0.05, 0) is 18.6 Å². The second-order valence-corrected chi connectivity index (χ2v) is 3.55. The predicted molar refractivity (Wildman–Crippen MR) is 59.4 cm³/mol. The third-order valence-corrected chi connectivity index (χ3v) is 2.34. The van der Waals surface area contributed by atoms with Crippen LogP contribution in [0.3, 0.4) is 0 Å². The van der Waals surface area contributed by atoms with Crippen LogP contribution in [0.5, 0.6) is 0 Å². The van der Waals surface area contributed by atoms with Crippen molar-refractivity contribution in [3.8, 4) is 11.3 Å². The minimum atomic E-state index is 0.281. The quantitative estimate of drug-likeness (QED) is 0.799. The van der Waals surface area contributed by atoms with Crippen LogP contribution in [0.2, 0.25) is 5.02 Å². The molecule has 0 saturated carbocycles. The van der Waals surface area contributed by atoms with Gasteiger partial charge in [0.2, 0.25) is 0 Å². The highest BCUT2D eigenvalue weighted by Crippen LogP contribution is 2.28. The number of rotatable bonds is 1. The summed E-state index contributed by atoms with van der Waals surface area (Å²) >= 11 is 6.00. The van der Waals surface area contributed by atoms with Crippen molar-refractivity contribution < 1.29 is 0 Å². The second kappa shape index (κ2) is 3.82. The summed E-state index contributed by atoms with van der Waals surface area (Å²) in [6, 6.07) is 1.95. The molecule has 4 nitrogen and oxygen atoms in total. The summed E-state index contributed by atoms with van der Waals surface area (Å²) in [6.07, 6.45) is 4.85. The van der Waals surface area contributed by atoms with Crippen molar-refractivity contribution in [2.45, 2.75) is 6.92 Å². The van der Waals surface area contributed by atoms with Gasteiger partial charge in [-0.15, -0.1) is 0 Å². The standard InChI is InChI=1S/C10H9ClN4/c1-6-2-7(4-13-3-6)9-8(11)10(12)15-5-14-9/h2-5H,1H3,(H2,12,14,15). The van der Waals surface area contributed by atoms with E-state index in [1.807, 2.05) is 13.0 Å². The van der Waals surface area contributed by atoms with E-state index in [4.69, 9.17) is 17.3 Å². The molecular weight excluding hydrogens is 212 g/mol. The van der Waals surface area contributed by atoms with E-state index in [0.29, 0.717) is 10.7 Å². The molecule has 0 aromatic carbocycles. The third-order valence-electron chi connectivity index (χ3n) is 1.96. The van der Waals surface area contributed by atoms with Crippen molar-refractivity contribution in [1.29, 1.82) is 0 Å². The van der Waals surface area contributed by atoms with Crippen LogP contribution in [0, 0.1) is 6.92 Å². The number of nitrogens with two attached hydrogens (primary N) is 1. The lowest BCUT2D eigenvalue weighted by atomic mass is 10.1. The molecule has 2 N–H and O–H groups in total. The Bertz CT molecular complexity index is 499. The first kappa shape index (κ1) is 9.86. The first-order valence-electron chi connectivity index (χ1n) is 4.36. The van der Waals surface area contributed by atoms with Gasteiger partial charge < -0.3 is 5.73 Å². The Morgan fingerprint density at radius 2 is 2.07 bits per heavy atom. The number of pyridine rings is 1.